The fourth-order valence-corrected chi connectivity index (χ4v) is 4.48. The van der Waals surface area contributed by atoms with E-state index in [1.54, 1.807) is 10.7 Å². The second-order valence-electron chi connectivity index (χ2n) is 10.1. The van der Waals surface area contributed by atoms with Gasteiger partial charge in [-0.2, -0.15) is 5.10 Å². The van der Waals surface area contributed by atoms with E-state index in [9.17, 15) is 14.4 Å². The van der Waals surface area contributed by atoms with Crippen LogP contribution in [-0.2, 0) is 16.1 Å². The van der Waals surface area contributed by atoms with Crippen LogP contribution in [0.25, 0.3) is 10.9 Å². The van der Waals surface area contributed by atoms with Gasteiger partial charge in [0.2, 0.25) is 11.8 Å². The lowest BCUT2D eigenvalue weighted by Crippen LogP contribution is -2.54. The first-order valence-electron chi connectivity index (χ1n) is 12.0. The van der Waals surface area contributed by atoms with Gasteiger partial charge in [-0.1, -0.05) is 58.2 Å². The molecule has 1 aromatic heterocycles. The Balaban J connectivity index is 1.83. The Hall–Kier alpha value is -2.94. The normalized spacial score (nSPS) is 15.7. The summed E-state index contributed by atoms with van der Waals surface area (Å²) in [7, 11) is 1.84. The summed E-state index contributed by atoms with van der Waals surface area (Å²) in [6.07, 6.45) is 5.52. The molecule has 9 heteroatoms. The van der Waals surface area contributed by atoms with Crippen molar-refractivity contribution in [3.8, 4) is 0 Å². The molecule has 186 valence electrons. The van der Waals surface area contributed by atoms with E-state index in [-0.39, 0.29) is 43.2 Å². The molecule has 1 atom stereocenters. The zero-order valence-corrected chi connectivity index (χ0v) is 20.6. The van der Waals surface area contributed by atoms with Crippen molar-refractivity contribution < 1.29 is 19.5 Å². The highest BCUT2D eigenvalue weighted by Gasteiger charge is 2.34. The summed E-state index contributed by atoms with van der Waals surface area (Å²) in [6.45, 7) is 5.53. The van der Waals surface area contributed by atoms with Crippen LogP contribution in [0.3, 0.4) is 0 Å². The molecule has 1 aliphatic carbocycles. The maximum Gasteiger partial charge on any atom is 0.273 e. The number of carbonyl (C=O) groups excluding carboxylic acids is 3. The number of aromatic nitrogens is 2. The van der Waals surface area contributed by atoms with Crippen molar-refractivity contribution in [2.75, 3.05) is 20.2 Å². The van der Waals surface area contributed by atoms with Crippen LogP contribution < -0.4 is 10.6 Å². The number of aliphatic hydroxyl groups is 1. The molecule has 0 aliphatic heterocycles. The first kappa shape index (κ1) is 25.7. The Labute approximate surface area is 200 Å². The Morgan fingerprint density at radius 1 is 1.18 bits per heavy atom. The standard InChI is InChI=1S/C25H37N5O4/c1-25(2,3)22(24(34)26-14-15-31)27-23(33)21-18-12-8-9-13-19(18)30(28-21)16-20(32)29(4)17-10-6-5-7-11-17/h8-9,12-13,17,22,31H,5-7,10-11,14-16H2,1-4H3,(H,26,34)(H,27,33). The summed E-state index contributed by atoms with van der Waals surface area (Å²) in [4.78, 5) is 40.7. The van der Waals surface area contributed by atoms with Gasteiger partial charge in [0.05, 0.1) is 12.1 Å². The van der Waals surface area contributed by atoms with Crippen molar-refractivity contribution in [3.05, 3.63) is 30.0 Å². The highest BCUT2D eigenvalue weighted by Crippen LogP contribution is 2.24. The van der Waals surface area contributed by atoms with E-state index in [2.05, 4.69) is 15.7 Å². The molecule has 1 unspecified atom stereocenters. The number of likely N-dealkylation sites (N-methyl/N-ethyl adjacent to an activating group) is 1. The second-order valence-corrected chi connectivity index (χ2v) is 10.1. The summed E-state index contributed by atoms with van der Waals surface area (Å²) >= 11 is 0. The molecule has 0 radical (unpaired) electrons. The molecule has 0 spiro atoms. The largest absolute Gasteiger partial charge is 0.395 e. The molecular formula is C25H37N5O4. The van der Waals surface area contributed by atoms with E-state index in [0.717, 1.165) is 25.7 Å². The molecule has 0 bridgehead atoms. The summed E-state index contributed by atoms with van der Waals surface area (Å²) in [6, 6.07) is 6.71. The van der Waals surface area contributed by atoms with E-state index < -0.39 is 17.4 Å². The second kappa shape index (κ2) is 11.0. The van der Waals surface area contributed by atoms with Crippen LogP contribution in [0.4, 0.5) is 0 Å². The number of aliphatic hydroxyl groups excluding tert-OH is 1. The van der Waals surface area contributed by atoms with Gasteiger partial charge in [-0.3, -0.25) is 19.1 Å². The molecule has 0 saturated heterocycles. The molecule has 1 aliphatic rings. The molecule has 9 nitrogen and oxygen atoms in total. The lowest BCUT2D eigenvalue weighted by molar-refractivity contribution is -0.133. The minimum atomic E-state index is -0.825. The lowest BCUT2D eigenvalue weighted by atomic mass is 9.86. The van der Waals surface area contributed by atoms with Crippen LogP contribution >= 0.6 is 0 Å². The number of benzene rings is 1. The smallest absolute Gasteiger partial charge is 0.273 e. The average Bonchev–Trinajstić information content (AvgIpc) is 3.18. The number of nitrogens with one attached hydrogen (secondary N) is 2. The van der Waals surface area contributed by atoms with E-state index in [1.165, 1.54) is 6.42 Å². The zero-order chi connectivity index (χ0) is 24.9. The molecule has 1 heterocycles. The first-order valence-corrected chi connectivity index (χ1v) is 12.0. The molecule has 2 aromatic rings. The van der Waals surface area contributed by atoms with Crippen molar-refractivity contribution in [1.82, 2.24) is 25.3 Å². The van der Waals surface area contributed by atoms with Crippen LogP contribution in [0, 0.1) is 5.41 Å². The highest BCUT2D eigenvalue weighted by atomic mass is 16.3. The predicted molar refractivity (Wildman–Crippen MR) is 130 cm³/mol. The van der Waals surface area contributed by atoms with E-state index in [4.69, 9.17) is 5.11 Å². The molecule has 1 fully saturated rings. The number of hydrogen-bond acceptors (Lipinski definition) is 5. The van der Waals surface area contributed by atoms with Crippen molar-refractivity contribution in [2.24, 2.45) is 5.41 Å². The third kappa shape index (κ3) is 5.94. The summed E-state index contributed by atoms with van der Waals surface area (Å²) in [5.74, 6) is -0.895. The first-order chi connectivity index (χ1) is 16.1. The van der Waals surface area contributed by atoms with Crippen LogP contribution in [-0.4, -0.2) is 69.8 Å². The third-order valence-electron chi connectivity index (χ3n) is 6.49. The van der Waals surface area contributed by atoms with E-state index in [0.29, 0.717) is 10.9 Å². The SMILES string of the molecule is CN(C(=O)Cn1nc(C(=O)NC(C(=O)NCCO)C(C)(C)C)c2ccccc21)C1CCCCC1. The maximum absolute atomic E-state index is 13.3. The zero-order valence-electron chi connectivity index (χ0n) is 20.6. The molecule has 1 saturated carbocycles. The third-order valence-corrected chi connectivity index (χ3v) is 6.49. The lowest BCUT2D eigenvalue weighted by Gasteiger charge is -2.31. The Morgan fingerprint density at radius 3 is 2.50 bits per heavy atom. The molecule has 34 heavy (non-hydrogen) atoms. The summed E-state index contributed by atoms with van der Waals surface area (Å²) in [5.41, 5.74) is 0.301. The van der Waals surface area contributed by atoms with Crippen molar-refractivity contribution >= 4 is 28.6 Å². The molecule has 3 amide bonds. The van der Waals surface area contributed by atoms with Crippen LogP contribution in [0.15, 0.2) is 24.3 Å². The van der Waals surface area contributed by atoms with Gasteiger partial charge in [-0.15, -0.1) is 0 Å². The molecular weight excluding hydrogens is 434 g/mol. The summed E-state index contributed by atoms with van der Waals surface area (Å²) < 4.78 is 1.57. The number of carbonyl (C=O) groups is 3. The number of hydrogen-bond donors (Lipinski definition) is 3. The summed E-state index contributed by atoms with van der Waals surface area (Å²) in [5, 5.41) is 19.6. The van der Waals surface area contributed by atoms with Gasteiger partial charge < -0.3 is 20.6 Å². The molecule has 1 aromatic carbocycles. The van der Waals surface area contributed by atoms with Crippen molar-refractivity contribution in [1.29, 1.82) is 0 Å². The van der Waals surface area contributed by atoms with Crippen molar-refractivity contribution in [2.45, 2.75) is 71.5 Å². The molecule has 3 N–H and O–H groups in total. The van der Waals surface area contributed by atoms with Crippen molar-refractivity contribution in [3.63, 3.8) is 0 Å². The highest BCUT2D eigenvalue weighted by molar-refractivity contribution is 6.06. The maximum atomic E-state index is 13.3. The van der Waals surface area contributed by atoms with Gasteiger partial charge in [-0.25, -0.2) is 0 Å². The number of nitrogens with zero attached hydrogens (tertiary/aromatic N) is 3. The molecule has 3 rings (SSSR count). The van der Waals surface area contributed by atoms with Gasteiger partial charge in [0.25, 0.3) is 5.91 Å². The van der Waals surface area contributed by atoms with Crippen LogP contribution in [0.1, 0.15) is 63.4 Å². The van der Waals surface area contributed by atoms with Gasteiger partial charge in [-0.05, 0) is 24.3 Å². The number of fused-ring (bicyclic) bond motifs is 1. The Kier molecular flexibility index (Phi) is 8.30. The predicted octanol–water partition coefficient (Wildman–Crippen LogP) is 2.08. The van der Waals surface area contributed by atoms with Gasteiger partial charge in [0.1, 0.15) is 12.6 Å². The monoisotopic (exact) mass is 471 g/mol. The average molecular weight is 472 g/mol. The van der Waals surface area contributed by atoms with Gasteiger partial charge >= 0.3 is 0 Å². The minimum Gasteiger partial charge on any atom is -0.395 e. The minimum absolute atomic E-state index is 0.0388. The van der Waals surface area contributed by atoms with Crippen LogP contribution in [0.5, 0.6) is 0 Å². The van der Waals surface area contributed by atoms with Gasteiger partial charge in [0, 0.05) is 25.0 Å². The fraction of sp³-hybridized carbons (Fsp3) is 0.600. The quantitative estimate of drug-likeness (QED) is 0.545. The van der Waals surface area contributed by atoms with Gasteiger partial charge in [0.15, 0.2) is 5.69 Å². The van der Waals surface area contributed by atoms with E-state index in [1.807, 2.05) is 50.9 Å². The number of rotatable bonds is 8. The number of amides is 3. The van der Waals surface area contributed by atoms with E-state index >= 15 is 0 Å². The Morgan fingerprint density at radius 2 is 1.85 bits per heavy atom. The topological polar surface area (TPSA) is 117 Å². The number of para-hydroxylation sites is 1. The van der Waals surface area contributed by atoms with Crippen LogP contribution in [0.2, 0.25) is 0 Å². The Bertz CT molecular complexity index is 1020. The fourth-order valence-electron chi connectivity index (χ4n) is 4.48.